The molecule has 0 unspecified atom stereocenters. The minimum absolute atomic E-state index is 0.749. The van der Waals surface area contributed by atoms with Crippen molar-refractivity contribution < 1.29 is 0 Å². The average Bonchev–Trinajstić information content (AvgIpc) is 3.19. The molecule has 0 bridgehead atoms. The molecule has 1 aliphatic heterocycles. The molecule has 0 aliphatic carbocycles. The third-order valence-corrected chi connectivity index (χ3v) is 6.31. The van der Waals surface area contributed by atoms with Gasteiger partial charge in [0.05, 0.1) is 5.69 Å². The number of anilines is 1. The summed E-state index contributed by atoms with van der Waals surface area (Å²) >= 11 is 0. The molecule has 1 aliphatic rings. The first-order chi connectivity index (χ1) is 14.7. The third kappa shape index (κ3) is 3.70. The number of fused-ring (bicyclic) bond motifs is 1. The summed E-state index contributed by atoms with van der Waals surface area (Å²) in [5, 5.41) is 4.85. The maximum Gasteiger partial charge on any atom is 0.154 e. The predicted octanol–water partition coefficient (Wildman–Crippen LogP) is 5.47. The Balaban J connectivity index is 1.37. The first kappa shape index (κ1) is 18.9. The highest BCUT2D eigenvalue weighted by atomic mass is 15.3. The number of aromatic nitrogens is 3. The Labute approximate surface area is 178 Å². The summed E-state index contributed by atoms with van der Waals surface area (Å²) in [5.41, 5.74) is 7.28. The SMILES string of the molecule is Cc1ccc(-c2cc3c(N4CCC(Cc5ccccc5)CC4)nccn3n2)c(C)c1. The monoisotopic (exact) mass is 396 g/mol. The van der Waals surface area contributed by atoms with E-state index in [1.165, 1.54) is 41.5 Å². The van der Waals surface area contributed by atoms with Crippen molar-refractivity contribution in [2.24, 2.45) is 5.92 Å². The Bertz CT molecular complexity index is 1150. The molecule has 0 N–H and O–H groups in total. The van der Waals surface area contributed by atoms with Gasteiger partial charge in [0.2, 0.25) is 0 Å². The largest absolute Gasteiger partial charge is 0.355 e. The Morgan fingerprint density at radius 2 is 1.77 bits per heavy atom. The Morgan fingerprint density at radius 1 is 0.967 bits per heavy atom. The number of hydrogen-bond donors (Lipinski definition) is 0. The molecule has 0 amide bonds. The van der Waals surface area contributed by atoms with Gasteiger partial charge in [-0.1, -0.05) is 54.1 Å². The quantitative estimate of drug-likeness (QED) is 0.458. The zero-order valence-electron chi connectivity index (χ0n) is 17.8. The zero-order valence-corrected chi connectivity index (χ0v) is 17.8. The molecule has 0 saturated carbocycles. The molecule has 4 aromatic rings. The molecule has 5 rings (SSSR count). The van der Waals surface area contributed by atoms with Crippen LogP contribution in [-0.2, 0) is 6.42 Å². The van der Waals surface area contributed by atoms with E-state index >= 15 is 0 Å². The second-order valence-corrected chi connectivity index (χ2v) is 8.55. The van der Waals surface area contributed by atoms with Crippen LogP contribution in [0.3, 0.4) is 0 Å². The van der Waals surface area contributed by atoms with E-state index in [0.29, 0.717) is 0 Å². The summed E-state index contributed by atoms with van der Waals surface area (Å²) in [6.45, 7) is 6.38. The van der Waals surface area contributed by atoms with Crippen LogP contribution in [0, 0.1) is 19.8 Å². The maximum atomic E-state index is 4.85. The molecule has 0 spiro atoms. The van der Waals surface area contributed by atoms with Gasteiger partial charge in [0, 0.05) is 31.0 Å². The van der Waals surface area contributed by atoms with Crippen LogP contribution in [0.4, 0.5) is 5.82 Å². The van der Waals surface area contributed by atoms with Crippen molar-refractivity contribution in [3.05, 3.63) is 83.7 Å². The molecule has 0 radical (unpaired) electrons. The molecule has 0 atom stereocenters. The lowest BCUT2D eigenvalue weighted by molar-refractivity contribution is 0.402. The Hall–Kier alpha value is -3.14. The normalized spacial score (nSPS) is 15.1. The first-order valence-electron chi connectivity index (χ1n) is 10.9. The van der Waals surface area contributed by atoms with Gasteiger partial charge in [0.15, 0.2) is 5.82 Å². The van der Waals surface area contributed by atoms with Gasteiger partial charge in [-0.15, -0.1) is 0 Å². The van der Waals surface area contributed by atoms with Gasteiger partial charge in [-0.2, -0.15) is 5.10 Å². The number of aryl methyl sites for hydroxylation is 2. The maximum absolute atomic E-state index is 4.85. The average molecular weight is 397 g/mol. The molecule has 152 valence electrons. The highest BCUT2D eigenvalue weighted by Crippen LogP contribution is 2.30. The van der Waals surface area contributed by atoms with Crippen molar-refractivity contribution in [3.8, 4) is 11.3 Å². The van der Waals surface area contributed by atoms with E-state index in [4.69, 9.17) is 10.1 Å². The van der Waals surface area contributed by atoms with Crippen LogP contribution in [0.25, 0.3) is 16.8 Å². The number of hydrogen-bond acceptors (Lipinski definition) is 3. The molecule has 3 heterocycles. The van der Waals surface area contributed by atoms with E-state index in [1.807, 2.05) is 16.9 Å². The number of piperidine rings is 1. The summed E-state index contributed by atoms with van der Waals surface area (Å²) in [6.07, 6.45) is 7.41. The van der Waals surface area contributed by atoms with Crippen LogP contribution in [0.1, 0.15) is 29.5 Å². The Kier molecular flexibility index (Phi) is 4.99. The zero-order chi connectivity index (χ0) is 20.5. The summed E-state index contributed by atoms with van der Waals surface area (Å²) < 4.78 is 1.98. The lowest BCUT2D eigenvalue weighted by Gasteiger charge is -2.33. The van der Waals surface area contributed by atoms with E-state index in [1.54, 1.807) is 0 Å². The smallest absolute Gasteiger partial charge is 0.154 e. The third-order valence-electron chi connectivity index (χ3n) is 6.31. The second kappa shape index (κ2) is 7.94. The van der Waals surface area contributed by atoms with Crippen molar-refractivity contribution in [2.45, 2.75) is 33.1 Å². The van der Waals surface area contributed by atoms with Crippen molar-refractivity contribution in [2.75, 3.05) is 18.0 Å². The van der Waals surface area contributed by atoms with E-state index in [-0.39, 0.29) is 0 Å². The molecule has 4 heteroatoms. The lowest BCUT2D eigenvalue weighted by atomic mass is 9.90. The minimum Gasteiger partial charge on any atom is -0.355 e. The van der Waals surface area contributed by atoms with Gasteiger partial charge in [-0.3, -0.25) is 0 Å². The molecule has 4 nitrogen and oxygen atoms in total. The number of benzene rings is 2. The summed E-state index contributed by atoms with van der Waals surface area (Å²) in [5.74, 6) is 1.80. The molecule has 1 saturated heterocycles. The topological polar surface area (TPSA) is 33.4 Å². The highest BCUT2D eigenvalue weighted by Gasteiger charge is 2.22. The fourth-order valence-electron chi connectivity index (χ4n) is 4.68. The van der Waals surface area contributed by atoms with Crippen molar-refractivity contribution >= 4 is 11.3 Å². The number of rotatable bonds is 4. The van der Waals surface area contributed by atoms with Gasteiger partial charge >= 0.3 is 0 Å². The van der Waals surface area contributed by atoms with E-state index in [0.717, 1.165) is 36.0 Å². The van der Waals surface area contributed by atoms with Crippen LogP contribution in [0.15, 0.2) is 67.0 Å². The van der Waals surface area contributed by atoms with Crippen molar-refractivity contribution in [1.29, 1.82) is 0 Å². The number of nitrogens with zero attached hydrogens (tertiary/aromatic N) is 4. The van der Waals surface area contributed by atoms with Crippen LogP contribution in [0.2, 0.25) is 0 Å². The van der Waals surface area contributed by atoms with Crippen LogP contribution in [-0.4, -0.2) is 27.7 Å². The minimum atomic E-state index is 0.749. The van der Waals surface area contributed by atoms with Crippen molar-refractivity contribution in [3.63, 3.8) is 0 Å². The Morgan fingerprint density at radius 3 is 2.53 bits per heavy atom. The van der Waals surface area contributed by atoms with Gasteiger partial charge < -0.3 is 4.90 Å². The fourth-order valence-corrected chi connectivity index (χ4v) is 4.68. The summed E-state index contributed by atoms with van der Waals surface area (Å²) in [7, 11) is 0. The van der Waals surface area contributed by atoms with Crippen LogP contribution < -0.4 is 4.90 Å². The fraction of sp³-hybridized carbons (Fsp3) is 0.308. The van der Waals surface area contributed by atoms with Gasteiger partial charge in [0.1, 0.15) is 5.52 Å². The summed E-state index contributed by atoms with van der Waals surface area (Å²) in [4.78, 5) is 7.18. The van der Waals surface area contributed by atoms with Crippen LogP contribution in [0.5, 0.6) is 0 Å². The standard InChI is InChI=1S/C26H28N4/c1-19-8-9-23(20(2)16-19)24-18-25-26(27-12-15-30(25)28-24)29-13-10-22(11-14-29)17-21-6-4-3-5-7-21/h3-9,12,15-16,18,22H,10-11,13-14,17H2,1-2H3. The van der Waals surface area contributed by atoms with Gasteiger partial charge in [0.25, 0.3) is 0 Å². The lowest BCUT2D eigenvalue weighted by Crippen LogP contribution is -2.35. The predicted molar refractivity (Wildman–Crippen MR) is 123 cm³/mol. The molecule has 2 aromatic heterocycles. The molecule has 1 fully saturated rings. The summed E-state index contributed by atoms with van der Waals surface area (Å²) in [6, 6.07) is 19.6. The van der Waals surface area contributed by atoms with Gasteiger partial charge in [-0.25, -0.2) is 9.50 Å². The van der Waals surface area contributed by atoms with Gasteiger partial charge in [-0.05, 0) is 56.2 Å². The van der Waals surface area contributed by atoms with E-state index in [9.17, 15) is 0 Å². The first-order valence-corrected chi connectivity index (χ1v) is 10.9. The van der Waals surface area contributed by atoms with Crippen LogP contribution >= 0.6 is 0 Å². The van der Waals surface area contributed by atoms with E-state index in [2.05, 4.69) is 73.3 Å². The molecular weight excluding hydrogens is 368 g/mol. The second-order valence-electron chi connectivity index (χ2n) is 8.55. The highest BCUT2D eigenvalue weighted by molar-refractivity contribution is 5.76. The van der Waals surface area contributed by atoms with Crippen molar-refractivity contribution in [1.82, 2.24) is 14.6 Å². The van der Waals surface area contributed by atoms with E-state index < -0.39 is 0 Å². The molecule has 2 aromatic carbocycles. The molecule has 30 heavy (non-hydrogen) atoms. The molecular formula is C26H28N4.